The number of H-pyrrole nitrogens is 1. The predicted octanol–water partition coefficient (Wildman–Crippen LogP) is 4.69. The molecule has 0 saturated carbocycles. The number of halogens is 1. The summed E-state index contributed by atoms with van der Waals surface area (Å²) < 4.78 is 5.24. The van der Waals surface area contributed by atoms with E-state index in [0.717, 1.165) is 34.6 Å². The van der Waals surface area contributed by atoms with Crippen molar-refractivity contribution in [3.63, 3.8) is 0 Å². The van der Waals surface area contributed by atoms with Crippen LogP contribution in [0.4, 0.5) is 0 Å². The van der Waals surface area contributed by atoms with Gasteiger partial charge >= 0.3 is 0 Å². The molecule has 2 heterocycles. The van der Waals surface area contributed by atoms with Gasteiger partial charge in [0, 0.05) is 22.7 Å². The molecule has 0 radical (unpaired) electrons. The van der Waals surface area contributed by atoms with Crippen LogP contribution in [-0.4, -0.2) is 34.7 Å². The molecular formula is C21H20ClN3O2. The van der Waals surface area contributed by atoms with Gasteiger partial charge in [-0.1, -0.05) is 30.7 Å². The third-order valence-electron chi connectivity index (χ3n) is 4.86. The number of aromatic amines is 1. The Morgan fingerprint density at radius 1 is 1.22 bits per heavy atom. The molecule has 2 aromatic carbocycles. The Bertz CT molecular complexity index is 981. The van der Waals surface area contributed by atoms with Crippen molar-refractivity contribution in [2.75, 3.05) is 13.7 Å². The number of nitrogens with zero attached hydrogens (tertiary/aromatic N) is 2. The molecule has 0 bridgehead atoms. The van der Waals surface area contributed by atoms with Gasteiger partial charge in [-0.25, -0.2) is 0 Å². The molecular weight excluding hydrogens is 362 g/mol. The summed E-state index contributed by atoms with van der Waals surface area (Å²) in [4.78, 5) is 14.9. The van der Waals surface area contributed by atoms with E-state index in [9.17, 15) is 4.79 Å². The first-order valence-corrected chi connectivity index (χ1v) is 9.31. The van der Waals surface area contributed by atoms with E-state index in [1.807, 2.05) is 53.4 Å². The maximum Gasteiger partial charge on any atom is 0.273 e. The van der Waals surface area contributed by atoms with Crippen molar-refractivity contribution in [2.24, 2.45) is 0 Å². The molecule has 3 aromatic rings. The lowest BCUT2D eigenvalue weighted by Gasteiger charge is -2.26. The van der Waals surface area contributed by atoms with E-state index in [2.05, 4.69) is 17.1 Å². The smallest absolute Gasteiger partial charge is 0.273 e. The number of fused-ring (bicyclic) bond motifs is 1. The summed E-state index contributed by atoms with van der Waals surface area (Å²) in [5, 5.41) is 8.07. The van der Waals surface area contributed by atoms with Crippen LogP contribution < -0.4 is 4.74 Å². The third kappa shape index (κ3) is 2.98. The molecule has 1 aromatic heterocycles. The molecule has 1 aliphatic heterocycles. The highest BCUT2D eigenvalue weighted by atomic mass is 35.5. The fourth-order valence-corrected chi connectivity index (χ4v) is 3.86. The number of nitrogens with one attached hydrogen (secondary N) is 1. The maximum atomic E-state index is 13.0. The number of amides is 1. The monoisotopic (exact) mass is 381 g/mol. The molecule has 0 aliphatic carbocycles. The number of carbonyl (C=O) groups excluding carboxylic acids is 1. The van der Waals surface area contributed by atoms with Crippen LogP contribution in [0.2, 0.25) is 5.02 Å². The number of hydrogen-bond acceptors (Lipinski definition) is 3. The molecule has 4 rings (SSSR count). The first-order valence-electron chi connectivity index (χ1n) is 8.93. The Morgan fingerprint density at radius 3 is 2.67 bits per heavy atom. The van der Waals surface area contributed by atoms with Crippen molar-refractivity contribution in [1.82, 2.24) is 15.1 Å². The molecule has 6 heteroatoms. The van der Waals surface area contributed by atoms with Gasteiger partial charge in [-0.3, -0.25) is 9.89 Å². The normalized spacial score (nSPS) is 15.9. The van der Waals surface area contributed by atoms with Crippen molar-refractivity contribution in [3.8, 4) is 17.0 Å². The minimum Gasteiger partial charge on any atom is -0.497 e. The van der Waals surface area contributed by atoms with E-state index in [4.69, 9.17) is 16.3 Å². The molecule has 0 spiro atoms. The lowest BCUT2D eigenvalue weighted by molar-refractivity contribution is 0.0744. The molecule has 1 aliphatic rings. The molecule has 1 atom stereocenters. The molecule has 1 N–H and O–H groups in total. The minimum absolute atomic E-state index is 0.0240. The largest absolute Gasteiger partial charge is 0.497 e. The fraction of sp³-hybridized carbons (Fsp3) is 0.238. The predicted molar refractivity (Wildman–Crippen MR) is 105 cm³/mol. The van der Waals surface area contributed by atoms with E-state index in [1.54, 1.807) is 7.11 Å². The fourth-order valence-electron chi connectivity index (χ4n) is 3.66. The molecule has 1 amide bonds. The Morgan fingerprint density at radius 2 is 2.00 bits per heavy atom. The molecule has 0 saturated heterocycles. The highest BCUT2D eigenvalue weighted by Crippen LogP contribution is 2.43. The average Bonchev–Trinajstić information content (AvgIpc) is 3.22. The number of aromatic nitrogens is 2. The first-order chi connectivity index (χ1) is 13.1. The van der Waals surface area contributed by atoms with Crippen molar-refractivity contribution < 1.29 is 9.53 Å². The number of rotatable bonds is 5. The van der Waals surface area contributed by atoms with Gasteiger partial charge < -0.3 is 9.64 Å². The summed E-state index contributed by atoms with van der Waals surface area (Å²) in [5.41, 5.74) is 4.16. The highest BCUT2D eigenvalue weighted by Gasteiger charge is 2.41. The average molecular weight is 382 g/mol. The van der Waals surface area contributed by atoms with Crippen LogP contribution in [-0.2, 0) is 0 Å². The molecule has 27 heavy (non-hydrogen) atoms. The zero-order valence-corrected chi connectivity index (χ0v) is 16.0. The molecule has 1 unspecified atom stereocenters. The summed E-state index contributed by atoms with van der Waals surface area (Å²) in [6.07, 6.45) is 0.873. The summed E-state index contributed by atoms with van der Waals surface area (Å²) in [6.45, 7) is 2.73. The number of carbonyl (C=O) groups is 1. The number of ether oxygens (including phenoxy) is 1. The zero-order valence-electron chi connectivity index (χ0n) is 15.2. The van der Waals surface area contributed by atoms with Crippen molar-refractivity contribution in [3.05, 3.63) is 70.4 Å². The summed E-state index contributed by atoms with van der Waals surface area (Å²) in [6, 6.07) is 15.2. The van der Waals surface area contributed by atoms with Gasteiger partial charge in [-0.05, 0) is 48.4 Å². The lowest BCUT2D eigenvalue weighted by atomic mass is 9.96. The van der Waals surface area contributed by atoms with Crippen molar-refractivity contribution in [2.45, 2.75) is 19.4 Å². The van der Waals surface area contributed by atoms with Gasteiger partial charge in [0.25, 0.3) is 5.91 Å². The second kappa shape index (κ2) is 7.08. The Labute approximate surface area is 162 Å². The van der Waals surface area contributed by atoms with Gasteiger partial charge in [0.2, 0.25) is 0 Å². The SMILES string of the molecule is CCCN1C(=O)c2[nH]nc(-c3ccc(OC)cc3)c2C1c1cccc(Cl)c1. The second-order valence-corrected chi connectivity index (χ2v) is 6.98. The van der Waals surface area contributed by atoms with E-state index in [1.165, 1.54) is 0 Å². The lowest BCUT2D eigenvalue weighted by Crippen LogP contribution is -2.30. The first kappa shape index (κ1) is 17.6. The molecule has 138 valence electrons. The maximum absolute atomic E-state index is 13.0. The van der Waals surface area contributed by atoms with Crippen LogP contribution in [0.1, 0.15) is 41.0 Å². The van der Waals surface area contributed by atoms with Crippen LogP contribution in [0.25, 0.3) is 11.3 Å². The Hall–Kier alpha value is -2.79. The van der Waals surface area contributed by atoms with Crippen molar-refractivity contribution in [1.29, 1.82) is 0 Å². The van der Waals surface area contributed by atoms with Gasteiger partial charge in [0.15, 0.2) is 0 Å². The third-order valence-corrected chi connectivity index (χ3v) is 5.09. The Balaban J connectivity index is 1.86. The number of methoxy groups -OCH3 is 1. The van der Waals surface area contributed by atoms with Crippen LogP contribution in [0, 0.1) is 0 Å². The van der Waals surface area contributed by atoms with E-state index >= 15 is 0 Å². The summed E-state index contributed by atoms with van der Waals surface area (Å²) >= 11 is 6.23. The topological polar surface area (TPSA) is 58.2 Å². The van der Waals surface area contributed by atoms with Crippen LogP contribution in [0.15, 0.2) is 48.5 Å². The standard InChI is InChI=1S/C21H20ClN3O2/c1-3-11-25-20(14-5-4-6-15(22)12-14)17-18(23-24-19(17)21(25)26)13-7-9-16(27-2)10-8-13/h4-10,12,20H,3,11H2,1-2H3,(H,23,24). The van der Waals surface area contributed by atoms with Gasteiger partial charge in [0.05, 0.1) is 18.8 Å². The van der Waals surface area contributed by atoms with Crippen LogP contribution >= 0.6 is 11.6 Å². The van der Waals surface area contributed by atoms with E-state index in [-0.39, 0.29) is 11.9 Å². The quantitative estimate of drug-likeness (QED) is 0.697. The summed E-state index contributed by atoms with van der Waals surface area (Å²) in [5.74, 6) is 0.755. The number of hydrogen-bond donors (Lipinski definition) is 1. The zero-order chi connectivity index (χ0) is 19.0. The molecule has 5 nitrogen and oxygen atoms in total. The van der Waals surface area contributed by atoms with E-state index < -0.39 is 0 Å². The Kier molecular flexibility index (Phi) is 4.62. The van der Waals surface area contributed by atoms with Crippen molar-refractivity contribution >= 4 is 17.5 Å². The summed E-state index contributed by atoms with van der Waals surface area (Å²) in [7, 11) is 1.64. The van der Waals surface area contributed by atoms with Gasteiger partial charge in [-0.15, -0.1) is 0 Å². The van der Waals surface area contributed by atoms with Gasteiger partial charge in [-0.2, -0.15) is 5.10 Å². The van der Waals surface area contributed by atoms with Gasteiger partial charge in [0.1, 0.15) is 11.4 Å². The second-order valence-electron chi connectivity index (χ2n) is 6.55. The number of benzene rings is 2. The van der Waals surface area contributed by atoms with Crippen LogP contribution in [0.5, 0.6) is 5.75 Å². The highest BCUT2D eigenvalue weighted by molar-refractivity contribution is 6.30. The molecule has 0 fully saturated rings. The minimum atomic E-state index is -0.206. The van der Waals surface area contributed by atoms with E-state index in [0.29, 0.717) is 17.3 Å². The van der Waals surface area contributed by atoms with Crippen LogP contribution in [0.3, 0.4) is 0 Å².